The van der Waals surface area contributed by atoms with Crippen LogP contribution in [0.15, 0.2) is 24.3 Å². The molecule has 0 bridgehead atoms. The van der Waals surface area contributed by atoms with Crippen molar-refractivity contribution in [2.45, 2.75) is 39.2 Å². The predicted molar refractivity (Wildman–Crippen MR) is 82.7 cm³/mol. The van der Waals surface area contributed by atoms with E-state index >= 15 is 0 Å². The Kier molecular flexibility index (Phi) is 5.52. The highest BCUT2D eigenvalue weighted by atomic mass is 19.1. The maximum atomic E-state index is 13.5. The maximum Gasteiger partial charge on any atom is 0.225 e. The Morgan fingerprint density at radius 2 is 2.18 bits per heavy atom. The van der Waals surface area contributed by atoms with Crippen molar-refractivity contribution in [1.82, 2.24) is 10.2 Å². The molecule has 0 aromatic heterocycles. The average molecular weight is 306 g/mol. The molecular formula is C17H23FN2O2. The first kappa shape index (κ1) is 16.5. The van der Waals surface area contributed by atoms with Crippen LogP contribution in [-0.4, -0.2) is 35.8 Å². The third-order valence-corrected chi connectivity index (χ3v) is 4.30. The Morgan fingerprint density at radius 1 is 1.45 bits per heavy atom. The van der Waals surface area contributed by atoms with E-state index in [1.807, 2.05) is 13.8 Å². The molecule has 2 unspecified atom stereocenters. The third-order valence-electron chi connectivity index (χ3n) is 4.30. The van der Waals surface area contributed by atoms with Crippen molar-refractivity contribution >= 4 is 11.8 Å². The van der Waals surface area contributed by atoms with E-state index < -0.39 is 0 Å². The number of nitrogens with zero attached hydrogens (tertiary/aromatic N) is 1. The maximum absolute atomic E-state index is 13.5. The van der Waals surface area contributed by atoms with Crippen LogP contribution in [0.25, 0.3) is 0 Å². The van der Waals surface area contributed by atoms with Crippen LogP contribution in [0.5, 0.6) is 0 Å². The largest absolute Gasteiger partial charge is 0.355 e. The summed E-state index contributed by atoms with van der Waals surface area (Å²) in [5, 5.41) is 2.81. The first-order valence-corrected chi connectivity index (χ1v) is 7.83. The van der Waals surface area contributed by atoms with Gasteiger partial charge in [-0.3, -0.25) is 9.59 Å². The highest BCUT2D eigenvalue weighted by Crippen LogP contribution is 2.21. The van der Waals surface area contributed by atoms with Crippen molar-refractivity contribution < 1.29 is 14.0 Å². The molecule has 1 aromatic carbocycles. The molecule has 1 aromatic rings. The number of hydrogen-bond donors (Lipinski definition) is 1. The average Bonchev–Trinajstić information content (AvgIpc) is 2.90. The number of amides is 2. The van der Waals surface area contributed by atoms with Crippen molar-refractivity contribution in [2.75, 3.05) is 13.1 Å². The van der Waals surface area contributed by atoms with Gasteiger partial charge in [-0.1, -0.05) is 25.1 Å². The van der Waals surface area contributed by atoms with Crippen LogP contribution in [0.3, 0.4) is 0 Å². The fourth-order valence-corrected chi connectivity index (χ4v) is 2.72. The molecule has 22 heavy (non-hydrogen) atoms. The predicted octanol–water partition coefficient (Wildman–Crippen LogP) is 2.13. The van der Waals surface area contributed by atoms with Crippen LogP contribution < -0.4 is 5.32 Å². The topological polar surface area (TPSA) is 49.4 Å². The van der Waals surface area contributed by atoms with Gasteiger partial charge in [0.2, 0.25) is 11.8 Å². The minimum absolute atomic E-state index is 0.0450. The number of carbonyl (C=O) groups excluding carboxylic acids is 2. The summed E-state index contributed by atoms with van der Waals surface area (Å²) in [5.41, 5.74) is 0.589. The minimum atomic E-state index is -0.290. The minimum Gasteiger partial charge on any atom is -0.355 e. The molecule has 1 fully saturated rings. The Balaban J connectivity index is 1.81. The number of benzene rings is 1. The summed E-state index contributed by atoms with van der Waals surface area (Å²) in [6.45, 7) is 4.89. The highest BCUT2D eigenvalue weighted by molar-refractivity contribution is 5.89. The molecule has 2 amide bonds. The van der Waals surface area contributed by atoms with Crippen molar-refractivity contribution in [1.29, 1.82) is 0 Å². The Bertz CT molecular complexity index is 547. The monoisotopic (exact) mass is 306 g/mol. The first-order chi connectivity index (χ1) is 10.5. The highest BCUT2D eigenvalue weighted by Gasteiger charge is 2.35. The third kappa shape index (κ3) is 3.84. The number of rotatable bonds is 6. The second-order valence-corrected chi connectivity index (χ2v) is 5.84. The van der Waals surface area contributed by atoms with Crippen LogP contribution >= 0.6 is 0 Å². The molecule has 0 radical (unpaired) electrons. The van der Waals surface area contributed by atoms with E-state index in [9.17, 15) is 14.0 Å². The van der Waals surface area contributed by atoms with Crippen LogP contribution in [0.4, 0.5) is 4.39 Å². The molecule has 0 aliphatic carbocycles. The number of nitrogens with one attached hydrogen (secondary N) is 1. The lowest BCUT2D eigenvalue weighted by molar-refractivity contribution is -0.130. The fraction of sp³-hybridized carbons (Fsp3) is 0.529. The van der Waals surface area contributed by atoms with Crippen molar-refractivity contribution in [2.24, 2.45) is 5.92 Å². The normalized spacial score (nSPS) is 19.3. The summed E-state index contributed by atoms with van der Waals surface area (Å²) in [6.07, 6.45) is 1.61. The van der Waals surface area contributed by atoms with Gasteiger partial charge in [-0.15, -0.1) is 0 Å². The van der Waals surface area contributed by atoms with E-state index in [1.165, 1.54) is 6.07 Å². The summed E-state index contributed by atoms with van der Waals surface area (Å²) in [6, 6.07) is 6.72. The summed E-state index contributed by atoms with van der Waals surface area (Å²) < 4.78 is 13.5. The van der Waals surface area contributed by atoms with Crippen LogP contribution in [0.1, 0.15) is 32.3 Å². The lowest BCUT2D eigenvalue weighted by Gasteiger charge is -2.23. The molecule has 1 saturated heterocycles. The molecular weight excluding hydrogens is 283 g/mol. The smallest absolute Gasteiger partial charge is 0.225 e. The lowest BCUT2D eigenvalue weighted by Crippen LogP contribution is -2.37. The molecule has 120 valence electrons. The zero-order chi connectivity index (χ0) is 16.1. The Morgan fingerprint density at radius 3 is 2.86 bits per heavy atom. The van der Waals surface area contributed by atoms with Gasteiger partial charge in [-0.25, -0.2) is 4.39 Å². The van der Waals surface area contributed by atoms with Crippen LogP contribution in [0, 0.1) is 11.7 Å². The number of carbonyl (C=O) groups is 2. The molecule has 5 heteroatoms. The number of hydrogen-bond acceptors (Lipinski definition) is 2. The fourth-order valence-electron chi connectivity index (χ4n) is 2.72. The number of likely N-dealkylation sites (tertiary alicyclic amines) is 1. The Hall–Kier alpha value is -1.91. The molecule has 2 atom stereocenters. The second-order valence-electron chi connectivity index (χ2n) is 5.84. The summed E-state index contributed by atoms with van der Waals surface area (Å²) in [7, 11) is 0. The van der Waals surface area contributed by atoms with Gasteiger partial charge < -0.3 is 10.2 Å². The second kappa shape index (κ2) is 7.38. The molecule has 1 aliphatic rings. The van der Waals surface area contributed by atoms with Gasteiger partial charge in [0.15, 0.2) is 0 Å². The quantitative estimate of drug-likeness (QED) is 0.875. The van der Waals surface area contributed by atoms with E-state index in [1.54, 1.807) is 23.1 Å². The van der Waals surface area contributed by atoms with Crippen LogP contribution in [0.2, 0.25) is 0 Å². The molecule has 1 N–H and O–H groups in total. The summed E-state index contributed by atoms with van der Waals surface area (Å²) in [4.78, 5) is 25.8. The molecule has 4 nitrogen and oxygen atoms in total. The van der Waals surface area contributed by atoms with E-state index in [2.05, 4.69) is 5.32 Å². The summed E-state index contributed by atoms with van der Waals surface area (Å²) in [5.74, 6) is -0.614. The van der Waals surface area contributed by atoms with Gasteiger partial charge in [-0.05, 0) is 31.4 Å². The molecule has 0 spiro atoms. The van der Waals surface area contributed by atoms with Gasteiger partial charge >= 0.3 is 0 Å². The van der Waals surface area contributed by atoms with Gasteiger partial charge in [0.1, 0.15) is 5.82 Å². The molecule has 2 rings (SSSR count). The van der Waals surface area contributed by atoms with Crippen molar-refractivity contribution in [3.8, 4) is 0 Å². The van der Waals surface area contributed by atoms with E-state index in [0.717, 1.165) is 6.42 Å². The molecule has 0 saturated carbocycles. The van der Waals surface area contributed by atoms with E-state index in [0.29, 0.717) is 25.1 Å². The van der Waals surface area contributed by atoms with Gasteiger partial charge in [0, 0.05) is 25.6 Å². The number of halogens is 1. The Labute approximate surface area is 130 Å². The SMILES string of the molecule is CCC(C)N1CC(C(=O)NCCc2ccccc2F)CC1=O. The van der Waals surface area contributed by atoms with Gasteiger partial charge in [-0.2, -0.15) is 0 Å². The van der Waals surface area contributed by atoms with Gasteiger partial charge in [0.05, 0.1) is 5.92 Å². The molecule has 1 aliphatic heterocycles. The zero-order valence-corrected chi connectivity index (χ0v) is 13.1. The summed E-state index contributed by atoms with van der Waals surface area (Å²) >= 11 is 0. The molecule has 1 heterocycles. The van der Waals surface area contributed by atoms with Crippen molar-refractivity contribution in [3.05, 3.63) is 35.6 Å². The first-order valence-electron chi connectivity index (χ1n) is 7.83. The van der Waals surface area contributed by atoms with Crippen molar-refractivity contribution in [3.63, 3.8) is 0 Å². The lowest BCUT2D eigenvalue weighted by atomic mass is 10.1. The zero-order valence-electron chi connectivity index (χ0n) is 13.1. The van der Waals surface area contributed by atoms with E-state index in [4.69, 9.17) is 0 Å². The van der Waals surface area contributed by atoms with Gasteiger partial charge in [0.25, 0.3) is 0 Å². The van der Waals surface area contributed by atoms with Crippen LogP contribution in [-0.2, 0) is 16.0 Å². The standard InChI is InChI=1S/C17H23FN2O2/c1-3-12(2)20-11-14(10-16(20)21)17(22)19-9-8-13-6-4-5-7-15(13)18/h4-7,12,14H,3,8-11H2,1-2H3,(H,19,22). The van der Waals surface area contributed by atoms with E-state index in [-0.39, 0.29) is 36.0 Å².